The van der Waals surface area contributed by atoms with Crippen molar-refractivity contribution in [2.45, 2.75) is 49.4 Å². The van der Waals surface area contributed by atoms with Crippen LogP contribution in [0.3, 0.4) is 0 Å². The SMILES string of the molecule is O=C(CC1CC1)c1cc([N+]2=CC(c3c(Cl)cc(C(F)(C(F)(F)F)C(F)(F)F)cc3C(F)(F)F)C=C2)ccc1Cl. The van der Waals surface area contributed by atoms with E-state index in [1.807, 2.05) is 0 Å². The molecule has 2 aromatic carbocycles. The summed E-state index contributed by atoms with van der Waals surface area (Å²) in [5.41, 5.74) is -10.8. The maximum Gasteiger partial charge on any atom is 0.435 e. The minimum atomic E-state index is -6.63. The lowest BCUT2D eigenvalue weighted by molar-refractivity contribution is -0.351. The lowest BCUT2D eigenvalue weighted by Crippen LogP contribution is -2.50. The van der Waals surface area contributed by atoms with E-state index < -0.39 is 57.9 Å². The summed E-state index contributed by atoms with van der Waals surface area (Å²) in [7, 11) is 0. The van der Waals surface area contributed by atoms with Crippen LogP contribution in [0.4, 0.5) is 49.6 Å². The second-order valence-electron chi connectivity index (χ2n) is 9.23. The average molecular weight is 607 g/mol. The fraction of sp³-hybridized carbons (Fsp3) is 0.360. The summed E-state index contributed by atoms with van der Waals surface area (Å²) in [6.07, 6.45) is -13.1. The number of hydrogen-bond acceptors (Lipinski definition) is 1. The van der Waals surface area contributed by atoms with E-state index in [-0.39, 0.29) is 34.8 Å². The maximum atomic E-state index is 14.6. The number of halogens is 12. The van der Waals surface area contributed by atoms with E-state index in [0.29, 0.717) is 5.69 Å². The highest BCUT2D eigenvalue weighted by atomic mass is 35.5. The first-order chi connectivity index (χ1) is 17.8. The van der Waals surface area contributed by atoms with Gasteiger partial charge in [-0.15, -0.1) is 0 Å². The Morgan fingerprint density at radius 1 is 0.872 bits per heavy atom. The molecule has 0 spiro atoms. The number of alkyl halides is 10. The van der Waals surface area contributed by atoms with Crippen LogP contribution < -0.4 is 0 Å². The van der Waals surface area contributed by atoms with Crippen LogP contribution in [0.15, 0.2) is 42.6 Å². The Morgan fingerprint density at radius 3 is 2.03 bits per heavy atom. The van der Waals surface area contributed by atoms with Crippen molar-refractivity contribution in [3.8, 4) is 0 Å². The van der Waals surface area contributed by atoms with Gasteiger partial charge < -0.3 is 0 Å². The highest BCUT2D eigenvalue weighted by Gasteiger charge is 2.73. The van der Waals surface area contributed by atoms with Gasteiger partial charge in [0.1, 0.15) is 0 Å². The van der Waals surface area contributed by atoms with Gasteiger partial charge in [-0.1, -0.05) is 23.2 Å². The summed E-state index contributed by atoms with van der Waals surface area (Å²) in [4.78, 5) is 12.6. The molecule has 0 aromatic heterocycles. The first kappa shape index (κ1) is 29.4. The zero-order valence-electron chi connectivity index (χ0n) is 19.3. The van der Waals surface area contributed by atoms with Crippen LogP contribution in [0.2, 0.25) is 10.0 Å². The van der Waals surface area contributed by atoms with Gasteiger partial charge in [-0.3, -0.25) is 4.79 Å². The molecule has 2 aromatic rings. The fourth-order valence-corrected chi connectivity index (χ4v) is 4.83. The summed E-state index contributed by atoms with van der Waals surface area (Å²) in [5.74, 6) is -1.36. The van der Waals surface area contributed by atoms with E-state index in [1.165, 1.54) is 29.0 Å². The molecule has 0 N–H and O–H groups in total. The molecule has 1 saturated carbocycles. The number of ketones is 1. The van der Waals surface area contributed by atoms with Crippen molar-refractivity contribution in [1.29, 1.82) is 0 Å². The van der Waals surface area contributed by atoms with Gasteiger partial charge in [-0.25, -0.2) is 4.39 Å². The van der Waals surface area contributed by atoms with Crippen molar-refractivity contribution >= 4 is 40.9 Å². The number of allylic oxidation sites excluding steroid dienone is 1. The molecule has 39 heavy (non-hydrogen) atoms. The number of hydrogen-bond donors (Lipinski definition) is 0. The molecule has 0 radical (unpaired) electrons. The lowest BCUT2D eigenvalue weighted by atomic mass is 9.87. The van der Waals surface area contributed by atoms with Crippen molar-refractivity contribution in [1.82, 2.24) is 0 Å². The minimum absolute atomic E-state index is 0.103. The predicted octanol–water partition coefficient (Wildman–Crippen LogP) is 9.31. The van der Waals surface area contributed by atoms with Crippen molar-refractivity contribution in [2.75, 3.05) is 0 Å². The van der Waals surface area contributed by atoms with Gasteiger partial charge in [0, 0.05) is 34.7 Å². The summed E-state index contributed by atoms with van der Waals surface area (Å²) in [6.45, 7) is 0. The van der Waals surface area contributed by atoms with E-state index in [2.05, 4.69) is 0 Å². The van der Waals surface area contributed by atoms with Gasteiger partial charge in [-0.05, 0) is 48.6 Å². The van der Waals surface area contributed by atoms with Crippen molar-refractivity contribution in [3.05, 3.63) is 74.9 Å². The van der Waals surface area contributed by atoms with E-state index >= 15 is 0 Å². The fourth-order valence-electron chi connectivity index (χ4n) is 4.26. The van der Waals surface area contributed by atoms with Crippen LogP contribution in [0.1, 0.15) is 52.2 Å². The summed E-state index contributed by atoms with van der Waals surface area (Å²) >= 11 is 12.0. The third kappa shape index (κ3) is 5.54. The monoisotopic (exact) mass is 606 g/mol. The van der Waals surface area contributed by atoms with Gasteiger partial charge in [0.2, 0.25) is 5.69 Å². The van der Waals surface area contributed by atoms with Gasteiger partial charge in [0.25, 0.3) is 0 Å². The average Bonchev–Trinajstić information content (AvgIpc) is 3.48. The van der Waals surface area contributed by atoms with Gasteiger partial charge in [0.05, 0.1) is 16.5 Å². The first-order valence-corrected chi connectivity index (χ1v) is 12.0. The molecule has 1 aliphatic heterocycles. The summed E-state index contributed by atoms with van der Waals surface area (Å²) < 4.78 is 137. The molecule has 210 valence electrons. The van der Waals surface area contributed by atoms with Gasteiger partial charge >= 0.3 is 24.2 Å². The number of benzene rings is 2. The number of Topliss-reactive ketones (excluding diaryl/α,β-unsaturated/α-hetero) is 1. The third-order valence-electron chi connectivity index (χ3n) is 6.44. The molecule has 0 saturated heterocycles. The van der Waals surface area contributed by atoms with Crippen molar-refractivity contribution in [2.24, 2.45) is 5.92 Å². The van der Waals surface area contributed by atoms with E-state index in [1.54, 1.807) is 0 Å². The molecule has 14 heteroatoms. The highest BCUT2D eigenvalue weighted by Crippen LogP contribution is 2.55. The quantitative estimate of drug-likeness (QED) is 0.182. The Labute approximate surface area is 224 Å². The molecule has 0 amide bonds. The molecule has 2 aliphatic rings. The van der Waals surface area contributed by atoms with Crippen LogP contribution in [0, 0.1) is 5.92 Å². The maximum absolute atomic E-state index is 14.6. The normalized spacial score (nSPS) is 18.5. The molecular weight excluding hydrogens is 591 g/mol. The Bertz CT molecular complexity index is 1360. The Balaban J connectivity index is 1.78. The smallest absolute Gasteiger partial charge is 0.294 e. The Kier molecular flexibility index (Phi) is 7.38. The third-order valence-corrected chi connectivity index (χ3v) is 7.08. The standard InChI is InChI=1S/C25H16Cl2F10NO/c26-18-4-3-15(10-16(18)20(39)7-12-1-2-12)38-6-5-13(11-38)21-17(23(29,30)31)8-14(9-19(21)27)22(28,24(32,33)34)25(35,36)37/h3-6,8-13H,1-2,7H2/q+1. The molecule has 1 atom stereocenters. The largest absolute Gasteiger partial charge is 0.435 e. The number of rotatable bonds is 6. The van der Waals surface area contributed by atoms with E-state index in [0.717, 1.165) is 25.1 Å². The molecular formula is C25H16Cl2F10NO+. The zero-order valence-corrected chi connectivity index (χ0v) is 20.8. The van der Waals surface area contributed by atoms with Crippen LogP contribution >= 0.6 is 23.2 Å². The predicted molar refractivity (Wildman–Crippen MR) is 122 cm³/mol. The zero-order chi connectivity index (χ0) is 29.1. The highest BCUT2D eigenvalue weighted by molar-refractivity contribution is 6.34. The van der Waals surface area contributed by atoms with Crippen LogP contribution in [-0.4, -0.2) is 28.9 Å². The molecule has 1 unspecified atom stereocenters. The summed E-state index contributed by atoms with van der Waals surface area (Å²) in [6, 6.07) is 3.65. The van der Waals surface area contributed by atoms with Gasteiger partial charge in [-0.2, -0.15) is 44.1 Å². The van der Waals surface area contributed by atoms with Crippen LogP contribution in [-0.2, 0) is 11.8 Å². The molecule has 0 bridgehead atoms. The van der Waals surface area contributed by atoms with Gasteiger partial charge in [0.15, 0.2) is 18.2 Å². The van der Waals surface area contributed by atoms with E-state index in [9.17, 15) is 48.7 Å². The molecule has 4 rings (SSSR count). The summed E-state index contributed by atoms with van der Waals surface area (Å²) in [5, 5.41) is -0.995. The number of nitrogens with zero attached hydrogens (tertiary/aromatic N) is 1. The molecule has 1 heterocycles. The topological polar surface area (TPSA) is 20.1 Å². The van der Waals surface area contributed by atoms with Crippen molar-refractivity contribution < 1.29 is 53.3 Å². The van der Waals surface area contributed by atoms with E-state index in [4.69, 9.17) is 23.2 Å². The van der Waals surface area contributed by atoms with Crippen LogP contribution in [0.5, 0.6) is 0 Å². The second-order valence-corrected chi connectivity index (χ2v) is 10.0. The second kappa shape index (κ2) is 9.79. The lowest BCUT2D eigenvalue weighted by Gasteiger charge is -2.31. The Morgan fingerprint density at radius 2 is 1.49 bits per heavy atom. The molecule has 1 fully saturated rings. The van der Waals surface area contributed by atoms with Crippen LogP contribution in [0.25, 0.3) is 0 Å². The minimum Gasteiger partial charge on any atom is -0.294 e. The van der Waals surface area contributed by atoms with Crippen molar-refractivity contribution in [3.63, 3.8) is 0 Å². The first-order valence-electron chi connectivity index (χ1n) is 11.2. The Hall–Kier alpha value is -2.60. The number of carbonyl (C=O) groups excluding carboxylic acids is 1. The number of carbonyl (C=O) groups is 1. The molecule has 1 aliphatic carbocycles. The molecule has 2 nitrogen and oxygen atoms in total.